The summed E-state index contributed by atoms with van der Waals surface area (Å²) in [6.45, 7) is 0. The molecule has 2 aromatic heterocycles. The lowest BCUT2D eigenvalue weighted by Crippen LogP contribution is -2.35. The Morgan fingerprint density at radius 3 is 1.51 bits per heavy atom. The summed E-state index contributed by atoms with van der Waals surface area (Å²) < 4.78 is 4.53. The highest BCUT2D eigenvalue weighted by molar-refractivity contribution is 6.60. The number of hydrogen-bond donors (Lipinski definition) is 0. The van der Waals surface area contributed by atoms with Gasteiger partial charge >= 0.3 is 0 Å². The maximum absolute atomic E-state index is 7.45. The molecule has 0 saturated heterocycles. The molecule has 0 N–H and O–H groups in total. The van der Waals surface area contributed by atoms with Crippen LogP contribution in [0, 0.1) is 0 Å². The minimum Gasteiger partial charge on any atom is -0.310 e. The first-order valence-electron chi connectivity index (χ1n) is 19.9. The highest BCUT2D eigenvalue weighted by Crippen LogP contribution is 2.39. The van der Waals surface area contributed by atoms with E-state index in [0.717, 1.165) is 88.4 Å². The second-order valence-electron chi connectivity index (χ2n) is 15.2. The van der Waals surface area contributed by atoms with Crippen molar-refractivity contribution in [2.24, 2.45) is 0 Å². The Labute approximate surface area is 347 Å². The molecule has 5 heteroatoms. The first kappa shape index (κ1) is 35.0. The molecular weight excluding hydrogens is 709 g/mol. The second-order valence-corrected chi connectivity index (χ2v) is 15.2. The second kappa shape index (κ2) is 14.0. The molecule has 2 heterocycles. The summed E-state index contributed by atoms with van der Waals surface area (Å²) in [6.07, 6.45) is 0. The van der Waals surface area contributed by atoms with Crippen molar-refractivity contribution >= 4 is 83.5 Å². The molecule has 0 aliphatic carbocycles. The van der Waals surface area contributed by atoms with Crippen LogP contribution in [0.1, 0.15) is 0 Å². The van der Waals surface area contributed by atoms with Crippen LogP contribution in [-0.4, -0.2) is 32.7 Å². The highest BCUT2D eigenvalue weighted by Gasteiger charge is 2.23. The van der Waals surface area contributed by atoms with E-state index in [9.17, 15) is 0 Å². The molecule has 0 fully saturated rings. The molecule has 59 heavy (non-hydrogen) atoms. The van der Waals surface area contributed by atoms with E-state index in [1.165, 1.54) is 11.1 Å². The molecule has 0 saturated carbocycles. The molecule has 2 nitrogen and oxygen atoms in total. The molecule has 0 aliphatic heterocycles. The van der Waals surface area contributed by atoms with Crippen LogP contribution in [0.5, 0.6) is 0 Å². The molecular formula is C54H33B3N2. The Bertz CT molecular complexity index is 3390. The monoisotopic (exact) mass is 742 g/mol. The van der Waals surface area contributed by atoms with Crippen LogP contribution in [0.25, 0.3) is 99.5 Å². The molecule has 0 atom stereocenters. The van der Waals surface area contributed by atoms with Crippen LogP contribution >= 0.6 is 0 Å². The Kier molecular flexibility index (Phi) is 8.30. The molecule has 0 aliphatic rings. The number of para-hydroxylation sites is 2. The van der Waals surface area contributed by atoms with Gasteiger partial charge in [0.25, 0.3) is 0 Å². The van der Waals surface area contributed by atoms with E-state index in [-0.39, 0.29) is 0 Å². The van der Waals surface area contributed by atoms with Gasteiger partial charge in [0.05, 0.1) is 16.6 Å². The zero-order valence-electron chi connectivity index (χ0n) is 32.2. The van der Waals surface area contributed by atoms with Gasteiger partial charge in [-0.1, -0.05) is 162 Å². The number of aromatic nitrogens is 2. The average Bonchev–Trinajstić information content (AvgIpc) is 3.82. The summed E-state index contributed by atoms with van der Waals surface area (Å²) in [6, 6.07) is 70.3. The number of fused-ring (bicyclic) bond motifs is 6. The number of rotatable bonds is 6. The smallest absolute Gasteiger partial charge is 0.115 e. The Morgan fingerprint density at radius 1 is 0.305 bits per heavy atom. The van der Waals surface area contributed by atoms with Gasteiger partial charge in [-0.05, 0) is 99.1 Å². The van der Waals surface area contributed by atoms with Gasteiger partial charge in [0.2, 0.25) is 0 Å². The third kappa shape index (κ3) is 5.61. The van der Waals surface area contributed by atoms with E-state index < -0.39 is 0 Å². The van der Waals surface area contributed by atoms with Crippen molar-refractivity contribution in [1.29, 1.82) is 0 Å². The summed E-state index contributed by atoms with van der Waals surface area (Å²) in [5.74, 6) is 0. The van der Waals surface area contributed by atoms with Crippen LogP contribution in [0.15, 0.2) is 200 Å². The summed E-state index contributed by atoms with van der Waals surface area (Å²) in [5.41, 5.74) is 16.2. The van der Waals surface area contributed by atoms with Crippen LogP contribution in [-0.2, 0) is 0 Å². The fourth-order valence-electron chi connectivity index (χ4n) is 9.12. The topological polar surface area (TPSA) is 9.86 Å². The lowest BCUT2D eigenvalue weighted by atomic mass is 9.69. The van der Waals surface area contributed by atoms with E-state index in [1.807, 2.05) is 30.3 Å². The molecule has 0 amide bonds. The van der Waals surface area contributed by atoms with Crippen molar-refractivity contribution in [3.05, 3.63) is 200 Å². The molecule has 9 aromatic carbocycles. The Balaban J connectivity index is 1.13. The van der Waals surface area contributed by atoms with Gasteiger partial charge in [0.15, 0.2) is 0 Å². The minimum atomic E-state index is 0.462. The lowest BCUT2D eigenvalue weighted by Gasteiger charge is -2.19. The van der Waals surface area contributed by atoms with E-state index in [0.29, 0.717) is 16.4 Å². The summed E-state index contributed by atoms with van der Waals surface area (Å²) in [4.78, 5) is 0. The summed E-state index contributed by atoms with van der Waals surface area (Å²) in [5, 5.41) is 4.14. The van der Waals surface area contributed by atoms with Crippen LogP contribution in [0.4, 0.5) is 0 Å². The van der Waals surface area contributed by atoms with Crippen molar-refractivity contribution in [2.75, 3.05) is 0 Å². The van der Waals surface area contributed by atoms with Crippen molar-refractivity contribution < 1.29 is 0 Å². The van der Waals surface area contributed by atoms with Gasteiger partial charge in [0.1, 0.15) is 23.5 Å². The molecule has 268 valence electrons. The zero-order valence-corrected chi connectivity index (χ0v) is 32.2. The van der Waals surface area contributed by atoms with Gasteiger partial charge in [-0.3, -0.25) is 0 Å². The maximum Gasteiger partial charge on any atom is 0.115 e. The molecule has 6 radical (unpaired) electrons. The van der Waals surface area contributed by atoms with Crippen molar-refractivity contribution in [3.8, 4) is 55.9 Å². The molecule has 0 bridgehead atoms. The average molecular weight is 742 g/mol. The third-order valence-electron chi connectivity index (χ3n) is 11.9. The number of hydrogen-bond acceptors (Lipinski definition) is 0. The predicted octanol–water partition coefficient (Wildman–Crippen LogP) is 10.9. The van der Waals surface area contributed by atoms with Gasteiger partial charge in [-0.2, -0.15) is 0 Å². The SMILES string of the molecule is [B]c1c(-c2ccc3c(c2)c2ccccc2n3-c2ccc(-c3ccccc3)cc2)c([B])c2c3cc(-c4ccccc4-c4ccccc4)ccc3n(-c3ccccc3)c2c1[B]. The normalized spacial score (nSPS) is 11.6. The quantitative estimate of drug-likeness (QED) is 0.150. The van der Waals surface area contributed by atoms with Crippen LogP contribution < -0.4 is 16.4 Å². The maximum atomic E-state index is 7.45. The number of nitrogens with zero attached hydrogens (tertiary/aromatic N) is 2. The molecule has 0 spiro atoms. The molecule has 11 aromatic rings. The Hall–Kier alpha value is -7.23. The van der Waals surface area contributed by atoms with Crippen LogP contribution in [0.3, 0.4) is 0 Å². The van der Waals surface area contributed by atoms with E-state index >= 15 is 0 Å². The zero-order chi connectivity index (χ0) is 39.6. The summed E-state index contributed by atoms with van der Waals surface area (Å²) >= 11 is 0. The van der Waals surface area contributed by atoms with Crippen molar-refractivity contribution in [3.63, 3.8) is 0 Å². The first-order valence-corrected chi connectivity index (χ1v) is 19.9. The van der Waals surface area contributed by atoms with E-state index in [2.05, 4.69) is 179 Å². The fraction of sp³-hybridized carbons (Fsp3) is 0. The van der Waals surface area contributed by atoms with Gasteiger partial charge in [0, 0.05) is 38.4 Å². The largest absolute Gasteiger partial charge is 0.310 e. The fourth-order valence-corrected chi connectivity index (χ4v) is 9.12. The van der Waals surface area contributed by atoms with E-state index in [1.54, 1.807) is 0 Å². The van der Waals surface area contributed by atoms with Gasteiger partial charge in [-0.25, -0.2) is 0 Å². The predicted molar refractivity (Wildman–Crippen MR) is 253 cm³/mol. The van der Waals surface area contributed by atoms with Gasteiger partial charge in [-0.15, -0.1) is 0 Å². The summed E-state index contributed by atoms with van der Waals surface area (Å²) in [7, 11) is 21.8. The standard InChI is InChI=1S/C54H33B3N2/c55-51-49(38-27-31-47-44(33-38)43-22-12-13-23-46(43)58(47)40-28-24-35(25-29-40)34-14-4-1-5-15-34)52(56)53(57)54-50(51)45-32-37(26-30-48(45)59(54)39-18-8-3-9-19-39)42-21-11-10-20-41(42)36-16-6-2-7-17-36/h1-33H. The van der Waals surface area contributed by atoms with Crippen molar-refractivity contribution in [1.82, 2.24) is 9.13 Å². The van der Waals surface area contributed by atoms with Gasteiger partial charge < -0.3 is 9.13 Å². The lowest BCUT2D eigenvalue weighted by molar-refractivity contribution is 1.18. The molecule has 0 unspecified atom stereocenters. The van der Waals surface area contributed by atoms with Crippen LogP contribution in [0.2, 0.25) is 0 Å². The van der Waals surface area contributed by atoms with Crippen molar-refractivity contribution in [2.45, 2.75) is 0 Å². The first-order chi connectivity index (χ1) is 29.0. The Morgan fingerprint density at radius 2 is 0.797 bits per heavy atom. The third-order valence-corrected chi connectivity index (χ3v) is 11.9. The molecule has 11 rings (SSSR count). The number of benzene rings is 9. The minimum absolute atomic E-state index is 0.462. The van der Waals surface area contributed by atoms with E-state index in [4.69, 9.17) is 23.5 Å². The highest BCUT2D eigenvalue weighted by atomic mass is 15.0.